The first-order valence-corrected chi connectivity index (χ1v) is 7.26. The Kier molecular flexibility index (Phi) is 3.60. The van der Waals surface area contributed by atoms with Gasteiger partial charge in [0.15, 0.2) is 0 Å². The maximum absolute atomic E-state index is 10.7. The smallest absolute Gasteiger partial charge is 0.269 e. The van der Waals surface area contributed by atoms with Crippen LogP contribution >= 0.6 is 0 Å². The third kappa shape index (κ3) is 2.61. The normalized spacial score (nSPS) is 15.4. The SMILES string of the molecule is CC(c1ccc([N+](=O)[O-])cc1)N1CCCc2ccccc21. The minimum absolute atomic E-state index is 0.144. The summed E-state index contributed by atoms with van der Waals surface area (Å²) in [5, 5.41) is 10.7. The number of nitro benzene ring substituents is 1. The van der Waals surface area contributed by atoms with E-state index in [2.05, 4.69) is 36.1 Å². The van der Waals surface area contributed by atoms with Crippen LogP contribution in [0, 0.1) is 10.1 Å². The molecule has 4 heteroatoms. The monoisotopic (exact) mass is 282 g/mol. The summed E-state index contributed by atoms with van der Waals surface area (Å²) in [6.07, 6.45) is 2.27. The van der Waals surface area contributed by atoms with Crippen LogP contribution in [0.1, 0.15) is 30.5 Å². The molecule has 1 aliphatic rings. The molecule has 0 N–H and O–H groups in total. The molecule has 0 saturated heterocycles. The number of anilines is 1. The summed E-state index contributed by atoms with van der Waals surface area (Å²) in [5.74, 6) is 0. The first-order valence-electron chi connectivity index (χ1n) is 7.26. The van der Waals surface area contributed by atoms with E-state index in [9.17, 15) is 10.1 Å². The van der Waals surface area contributed by atoms with Crippen LogP contribution in [-0.4, -0.2) is 11.5 Å². The Balaban J connectivity index is 1.89. The molecule has 0 fully saturated rings. The molecule has 0 aliphatic carbocycles. The van der Waals surface area contributed by atoms with Gasteiger partial charge in [0.2, 0.25) is 0 Å². The van der Waals surface area contributed by atoms with E-state index in [4.69, 9.17) is 0 Å². The molecule has 0 spiro atoms. The highest BCUT2D eigenvalue weighted by Crippen LogP contribution is 2.34. The number of nitrogens with zero attached hydrogens (tertiary/aromatic N) is 2. The van der Waals surface area contributed by atoms with Gasteiger partial charge < -0.3 is 4.90 Å². The van der Waals surface area contributed by atoms with Crippen molar-refractivity contribution in [2.24, 2.45) is 0 Å². The van der Waals surface area contributed by atoms with Gasteiger partial charge in [-0.25, -0.2) is 0 Å². The first-order chi connectivity index (χ1) is 10.2. The number of fused-ring (bicyclic) bond motifs is 1. The van der Waals surface area contributed by atoms with E-state index in [1.807, 2.05) is 12.1 Å². The summed E-state index contributed by atoms with van der Waals surface area (Å²) in [4.78, 5) is 12.8. The third-order valence-corrected chi connectivity index (χ3v) is 4.20. The van der Waals surface area contributed by atoms with E-state index < -0.39 is 0 Å². The van der Waals surface area contributed by atoms with Crippen molar-refractivity contribution in [1.82, 2.24) is 0 Å². The number of rotatable bonds is 3. The molecule has 1 unspecified atom stereocenters. The largest absolute Gasteiger partial charge is 0.365 e. The lowest BCUT2D eigenvalue weighted by molar-refractivity contribution is -0.384. The summed E-state index contributed by atoms with van der Waals surface area (Å²) in [7, 11) is 0. The topological polar surface area (TPSA) is 46.4 Å². The van der Waals surface area contributed by atoms with Crippen molar-refractivity contribution >= 4 is 11.4 Å². The van der Waals surface area contributed by atoms with E-state index in [1.165, 1.54) is 11.3 Å². The lowest BCUT2D eigenvalue weighted by atomic mass is 9.98. The molecule has 1 atom stereocenters. The maximum atomic E-state index is 10.7. The zero-order valence-electron chi connectivity index (χ0n) is 12.0. The molecule has 2 aromatic rings. The number of hydrogen-bond acceptors (Lipinski definition) is 3. The molecule has 21 heavy (non-hydrogen) atoms. The Morgan fingerprint density at radius 2 is 1.86 bits per heavy atom. The molecule has 0 radical (unpaired) electrons. The molecule has 1 heterocycles. The van der Waals surface area contributed by atoms with Crippen molar-refractivity contribution in [2.45, 2.75) is 25.8 Å². The molecule has 1 aliphatic heterocycles. The van der Waals surface area contributed by atoms with Crippen molar-refractivity contribution in [3.63, 3.8) is 0 Å². The number of hydrogen-bond donors (Lipinski definition) is 0. The third-order valence-electron chi connectivity index (χ3n) is 4.20. The standard InChI is InChI=1S/C17H18N2O2/c1-13(14-8-10-16(11-9-14)19(20)21)18-12-4-6-15-5-2-3-7-17(15)18/h2-3,5,7-11,13H,4,6,12H2,1H3. The quantitative estimate of drug-likeness (QED) is 0.628. The molecule has 3 rings (SSSR count). The maximum Gasteiger partial charge on any atom is 0.269 e. The predicted octanol–water partition coefficient (Wildman–Crippen LogP) is 4.11. The van der Waals surface area contributed by atoms with Gasteiger partial charge in [-0.3, -0.25) is 10.1 Å². The zero-order valence-corrected chi connectivity index (χ0v) is 12.0. The second kappa shape index (κ2) is 5.56. The van der Waals surface area contributed by atoms with Crippen molar-refractivity contribution in [3.8, 4) is 0 Å². The van der Waals surface area contributed by atoms with Crippen LogP contribution in [0.3, 0.4) is 0 Å². The summed E-state index contributed by atoms with van der Waals surface area (Å²) < 4.78 is 0. The highest BCUT2D eigenvalue weighted by Gasteiger charge is 2.22. The van der Waals surface area contributed by atoms with Gasteiger partial charge in [-0.15, -0.1) is 0 Å². The number of aryl methyl sites for hydroxylation is 1. The summed E-state index contributed by atoms with van der Waals surface area (Å²) in [5.41, 5.74) is 3.93. The molecular weight excluding hydrogens is 264 g/mol. The van der Waals surface area contributed by atoms with E-state index in [1.54, 1.807) is 12.1 Å². The van der Waals surface area contributed by atoms with Gasteiger partial charge in [0.1, 0.15) is 0 Å². The van der Waals surface area contributed by atoms with Crippen LogP contribution in [0.2, 0.25) is 0 Å². The molecule has 0 bridgehead atoms. The van der Waals surface area contributed by atoms with Crippen LogP contribution in [0.25, 0.3) is 0 Å². The lowest BCUT2D eigenvalue weighted by Gasteiger charge is -2.36. The van der Waals surface area contributed by atoms with E-state index in [0.29, 0.717) is 0 Å². The van der Waals surface area contributed by atoms with Crippen molar-refractivity contribution < 1.29 is 4.92 Å². The average Bonchev–Trinajstić information content (AvgIpc) is 2.53. The van der Waals surface area contributed by atoms with Gasteiger partial charge >= 0.3 is 0 Å². The number of para-hydroxylation sites is 1. The van der Waals surface area contributed by atoms with Gasteiger partial charge in [0.25, 0.3) is 5.69 Å². The predicted molar refractivity (Wildman–Crippen MR) is 83.6 cm³/mol. The highest BCUT2D eigenvalue weighted by atomic mass is 16.6. The summed E-state index contributed by atoms with van der Waals surface area (Å²) in [6, 6.07) is 15.6. The fraction of sp³-hybridized carbons (Fsp3) is 0.294. The van der Waals surface area contributed by atoms with Crippen LogP contribution in [0.5, 0.6) is 0 Å². The Morgan fingerprint density at radius 1 is 1.14 bits per heavy atom. The molecule has 108 valence electrons. The highest BCUT2D eigenvalue weighted by molar-refractivity contribution is 5.57. The Labute approximate surface area is 124 Å². The molecule has 0 saturated carbocycles. The minimum atomic E-state index is -0.357. The Hall–Kier alpha value is -2.36. The van der Waals surface area contributed by atoms with Gasteiger partial charge in [-0.2, -0.15) is 0 Å². The second-order valence-electron chi connectivity index (χ2n) is 5.45. The summed E-state index contributed by atoms with van der Waals surface area (Å²) in [6.45, 7) is 3.18. The Morgan fingerprint density at radius 3 is 2.57 bits per heavy atom. The number of benzene rings is 2. The van der Waals surface area contributed by atoms with E-state index in [0.717, 1.165) is 24.9 Å². The van der Waals surface area contributed by atoms with Crippen LogP contribution in [-0.2, 0) is 6.42 Å². The van der Waals surface area contributed by atoms with E-state index >= 15 is 0 Å². The fourth-order valence-corrected chi connectivity index (χ4v) is 3.02. The molecular formula is C17H18N2O2. The number of non-ortho nitro benzene ring substituents is 1. The van der Waals surface area contributed by atoms with Gasteiger partial charge in [0, 0.05) is 24.4 Å². The van der Waals surface area contributed by atoms with Crippen molar-refractivity contribution in [2.75, 3.05) is 11.4 Å². The van der Waals surface area contributed by atoms with Crippen LogP contribution in [0.15, 0.2) is 48.5 Å². The van der Waals surface area contributed by atoms with Crippen molar-refractivity contribution in [3.05, 3.63) is 69.8 Å². The minimum Gasteiger partial charge on any atom is -0.365 e. The fourth-order valence-electron chi connectivity index (χ4n) is 3.02. The van der Waals surface area contributed by atoms with Crippen molar-refractivity contribution in [1.29, 1.82) is 0 Å². The zero-order chi connectivity index (χ0) is 14.8. The number of nitro groups is 1. The second-order valence-corrected chi connectivity index (χ2v) is 5.45. The molecule has 0 amide bonds. The Bertz CT molecular complexity index is 652. The van der Waals surface area contributed by atoms with Gasteiger partial charge in [-0.05, 0) is 37.0 Å². The van der Waals surface area contributed by atoms with E-state index in [-0.39, 0.29) is 16.7 Å². The van der Waals surface area contributed by atoms with Crippen LogP contribution in [0.4, 0.5) is 11.4 Å². The average molecular weight is 282 g/mol. The molecule has 0 aromatic heterocycles. The first kappa shape index (κ1) is 13.6. The molecule has 2 aromatic carbocycles. The van der Waals surface area contributed by atoms with Crippen LogP contribution < -0.4 is 4.90 Å². The van der Waals surface area contributed by atoms with Gasteiger partial charge in [0.05, 0.1) is 11.0 Å². The lowest BCUT2D eigenvalue weighted by Crippen LogP contribution is -2.31. The van der Waals surface area contributed by atoms with Gasteiger partial charge in [-0.1, -0.05) is 30.3 Å². The summed E-state index contributed by atoms with van der Waals surface area (Å²) >= 11 is 0. The molecule has 4 nitrogen and oxygen atoms in total.